The Balaban J connectivity index is 3.26. The van der Waals surface area contributed by atoms with Gasteiger partial charge in [0.1, 0.15) is 6.61 Å². The molecule has 0 spiro atoms. The molecule has 0 N–H and O–H groups in total. The molecule has 0 aromatic heterocycles. The van der Waals surface area contributed by atoms with Crippen molar-refractivity contribution in [1.29, 1.82) is 0 Å². The van der Waals surface area contributed by atoms with Gasteiger partial charge in [0, 0.05) is 0 Å². The highest BCUT2D eigenvalue weighted by Gasteiger charge is 2.00. The van der Waals surface area contributed by atoms with E-state index in [1.165, 1.54) is 7.11 Å². The molecular weight excluding hydrogens is 144 g/mol. The summed E-state index contributed by atoms with van der Waals surface area (Å²) in [4.78, 5) is 10.5. The second-order valence-electron chi connectivity index (χ2n) is 2.30. The van der Waals surface area contributed by atoms with Crippen LogP contribution in [0.1, 0.15) is 6.92 Å². The van der Waals surface area contributed by atoms with E-state index >= 15 is 0 Å². The summed E-state index contributed by atoms with van der Waals surface area (Å²) in [7, 11) is 1.34. The van der Waals surface area contributed by atoms with Gasteiger partial charge >= 0.3 is 5.97 Å². The number of hydrogen-bond acceptors (Lipinski definition) is 3. The van der Waals surface area contributed by atoms with Gasteiger partial charge in [-0.2, -0.15) is 0 Å². The Kier molecular flexibility index (Phi) is 5.47. The van der Waals surface area contributed by atoms with Gasteiger partial charge in [-0.1, -0.05) is 13.0 Å². The third-order valence-electron chi connectivity index (χ3n) is 1.23. The smallest absolute Gasteiger partial charge is 0.331 e. The Morgan fingerprint density at radius 1 is 1.73 bits per heavy atom. The van der Waals surface area contributed by atoms with Crippen molar-refractivity contribution in [3.05, 3.63) is 12.7 Å². The van der Waals surface area contributed by atoms with Gasteiger partial charge < -0.3 is 9.47 Å². The Bertz CT molecular complexity index is 131. The van der Waals surface area contributed by atoms with E-state index in [0.717, 1.165) is 0 Å². The predicted molar refractivity (Wildman–Crippen MR) is 42.2 cm³/mol. The van der Waals surface area contributed by atoms with Crippen LogP contribution in [0.4, 0.5) is 0 Å². The lowest BCUT2D eigenvalue weighted by Crippen LogP contribution is -2.13. The average molecular weight is 158 g/mol. The summed E-state index contributed by atoms with van der Waals surface area (Å²) in [6.45, 7) is 6.08. The third-order valence-corrected chi connectivity index (χ3v) is 1.23. The molecule has 0 amide bonds. The van der Waals surface area contributed by atoms with Crippen molar-refractivity contribution in [3.63, 3.8) is 0 Å². The second-order valence-corrected chi connectivity index (χ2v) is 2.30. The zero-order valence-corrected chi connectivity index (χ0v) is 7.00. The number of carbonyl (C=O) groups is 1. The van der Waals surface area contributed by atoms with Crippen molar-refractivity contribution < 1.29 is 14.3 Å². The Labute approximate surface area is 67.0 Å². The van der Waals surface area contributed by atoms with E-state index in [9.17, 15) is 4.79 Å². The van der Waals surface area contributed by atoms with Crippen LogP contribution in [-0.2, 0) is 14.3 Å². The Hall–Kier alpha value is -0.830. The summed E-state index contributed by atoms with van der Waals surface area (Å²) in [5, 5.41) is 0. The second kappa shape index (κ2) is 5.92. The number of ether oxygens (including phenoxy) is 2. The monoisotopic (exact) mass is 158 g/mol. The minimum Gasteiger partial charge on any atom is -0.467 e. The molecule has 0 radical (unpaired) electrons. The molecule has 1 unspecified atom stereocenters. The van der Waals surface area contributed by atoms with Gasteiger partial charge in [0.15, 0.2) is 0 Å². The molecule has 3 heteroatoms. The third kappa shape index (κ3) is 5.61. The minimum absolute atomic E-state index is 0.0225. The van der Waals surface area contributed by atoms with Crippen LogP contribution in [0.3, 0.4) is 0 Å². The van der Waals surface area contributed by atoms with Crippen LogP contribution in [0.25, 0.3) is 0 Å². The molecule has 0 fully saturated rings. The maximum Gasteiger partial charge on any atom is 0.331 e. The molecule has 0 aromatic rings. The van der Waals surface area contributed by atoms with Crippen molar-refractivity contribution in [2.75, 3.05) is 20.3 Å². The molecule has 11 heavy (non-hydrogen) atoms. The lowest BCUT2D eigenvalue weighted by atomic mass is 10.2. The molecule has 0 bridgehead atoms. The van der Waals surface area contributed by atoms with Crippen LogP contribution < -0.4 is 0 Å². The van der Waals surface area contributed by atoms with E-state index in [1.807, 2.05) is 6.92 Å². The highest BCUT2D eigenvalue weighted by atomic mass is 16.6. The van der Waals surface area contributed by atoms with Crippen LogP contribution in [0, 0.1) is 5.92 Å². The highest BCUT2D eigenvalue weighted by molar-refractivity contribution is 5.70. The standard InChI is InChI=1S/C8H14O3/c1-4-7(2)5-11-6-8(9)10-3/h4,7H,1,5-6H2,2-3H3. The normalized spacial score (nSPS) is 12.2. The first kappa shape index (κ1) is 10.2. The number of rotatable bonds is 5. The van der Waals surface area contributed by atoms with Crippen molar-refractivity contribution in [1.82, 2.24) is 0 Å². The van der Waals surface area contributed by atoms with E-state index in [2.05, 4.69) is 11.3 Å². The first-order valence-electron chi connectivity index (χ1n) is 3.47. The van der Waals surface area contributed by atoms with Gasteiger partial charge in [-0.3, -0.25) is 0 Å². The lowest BCUT2D eigenvalue weighted by molar-refractivity contribution is -0.146. The van der Waals surface area contributed by atoms with Gasteiger partial charge in [-0.15, -0.1) is 6.58 Å². The molecule has 0 aliphatic rings. The number of methoxy groups -OCH3 is 1. The molecule has 0 saturated heterocycles. The number of esters is 1. The molecule has 64 valence electrons. The Morgan fingerprint density at radius 2 is 2.36 bits per heavy atom. The molecule has 0 aliphatic heterocycles. The van der Waals surface area contributed by atoms with Crippen LogP contribution in [0.2, 0.25) is 0 Å². The van der Waals surface area contributed by atoms with E-state index in [-0.39, 0.29) is 18.5 Å². The van der Waals surface area contributed by atoms with Gasteiger partial charge in [0.05, 0.1) is 13.7 Å². The van der Waals surface area contributed by atoms with Crippen LogP contribution in [0.15, 0.2) is 12.7 Å². The SMILES string of the molecule is C=CC(C)COCC(=O)OC. The summed E-state index contributed by atoms with van der Waals surface area (Å²) in [6.07, 6.45) is 1.78. The first-order chi connectivity index (χ1) is 5.20. The quantitative estimate of drug-likeness (QED) is 0.442. The zero-order chi connectivity index (χ0) is 8.69. The van der Waals surface area contributed by atoms with Gasteiger partial charge in [-0.05, 0) is 5.92 Å². The first-order valence-corrected chi connectivity index (χ1v) is 3.47. The van der Waals surface area contributed by atoms with E-state index in [1.54, 1.807) is 6.08 Å². The van der Waals surface area contributed by atoms with E-state index in [0.29, 0.717) is 6.61 Å². The summed E-state index contributed by atoms with van der Waals surface area (Å²) < 4.78 is 9.37. The molecular formula is C8H14O3. The predicted octanol–water partition coefficient (Wildman–Crippen LogP) is 0.998. The fourth-order valence-electron chi connectivity index (χ4n) is 0.455. The van der Waals surface area contributed by atoms with Crippen molar-refractivity contribution in [2.45, 2.75) is 6.92 Å². The number of hydrogen-bond donors (Lipinski definition) is 0. The lowest BCUT2D eigenvalue weighted by Gasteiger charge is -2.05. The van der Waals surface area contributed by atoms with Gasteiger partial charge in [-0.25, -0.2) is 4.79 Å². The van der Waals surface area contributed by atoms with Crippen molar-refractivity contribution >= 4 is 5.97 Å². The molecule has 3 nitrogen and oxygen atoms in total. The largest absolute Gasteiger partial charge is 0.467 e. The van der Waals surface area contributed by atoms with Gasteiger partial charge in [0.2, 0.25) is 0 Å². The van der Waals surface area contributed by atoms with Crippen LogP contribution >= 0.6 is 0 Å². The zero-order valence-electron chi connectivity index (χ0n) is 7.00. The average Bonchev–Trinajstić information content (AvgIpc) is 2.04. The molecule has 0 saturated carbocycles. The Morgan fingerprint density at radius 3 is 2.82 bits per heavy atom. The van der Waals surface area contributed by atoms with E-state index in [4.69, 9.17) is 4.74 Å². The topological polar surface area (TPSA) is 35.5 Å². The van der Waals surface area contributed by atoms with Crippen LogP contribution in [-0.4, -0.2) is 26.3 Å². The molecule has 0 aromatic carbocycles. The summed E-state index contributed by atoms with van der Waals surface area (Å²) in [6, 6.07) is 0. The van der Waals surface area contributed by atoms with Gasteiger partial charge in [0.25, 0.3) is 0 Å². The summed E-state index contributed by atoms with van der Waals surface area (Å²) in [5.74, 6) is -0.0686. The highest BCUT2D eigenvalue weighted by Crippen LogP contribution is 1.95. The molecule has 1 atom stereocenters. The fourth-order valence-corrected chi connectivity index (χ4v) is 0.455. The molecule has 0 heterocycles. The van der Waals surface area contributed by atoms with E-state index < -0.39 is 0 Å². The summed E-state index contributed by atoms with van der Waals surface area (Å²) in [5.41, 5.74) is 0. The van der Waals surface area contributed by atoms with Crippen molar-refractivity contribution in [3.8, 4) is 0 Å². The minimum atomic E-state index is -0.346. The summed E-state index contributed by atoms with van der Waals surface area (Å²) >= 11 is 0. The fraction of sp³-hybridized carbons (Fsp3) is 0.625. The maximum absolute atomic E-state index is 10.5. The van der Waals surface area contributed by atoms with Crippen molar-refractivity contribution in [2.24, 2.45) is 5.92 Å². The maximum atomic E-state index is 10.5. The molecule has 0 aliphatic carbocycles. The number of carbonyl (C=O) groups excluding carboxylic acids is 1. The van der Waals surface area contributed by atoms with Crippen LogP contribution in [0.5, 0.6) is 0 Å². The molecule has 0 rings (SSSR count).